The first-order valence-corrected chi connectivity index (χ1v) is 4.61. The molecular weight excluding hydrogens is 180 g/mol. The molecule has 0 aromatic carbocycles. The highest BCUT2D eigenvalue weighted by Crippen LogP contribution is 2.14. The van der Waals surface area contributed by atoms with Gasteiger partial charge in [-0.05, 0) is 19.1 Å². The van der Waals surface area contributed by atoms with Crippen molar-refractivity contribution in [2.45, 2.75) is 19.9 Å². The molecule has 0 N–H and O–H groups in total. The largest absolute Gasteiger partial charge is 0.333 e. The Labute approximate surface area is 77.0 Å². The first-order chi connectivity index (χ1) is 5.29. The minimum atomic E-state index is 0.612. The van der Waals surface area contributed by atoms with Crippen LogP contribution in [0, 0.1) is 0 Å². The number of hydrogen-bond acceptors (Lipinski definition) is 2. The Hall–Kier alpha value is -0.150. The van der Waals surface area contributed by atoms with Crippen molar-refractivity contribution in [1.82, 2.24) is 9.55 Å². The molecule has 0 spiro atoms. The average Bonchev–Trinajstić information content (AvgIpc) is 2.34. The summed E-state index contributed by atoms with van der Waals surface area (Å²) in [5, 5.41) is 0.612. The van der Waals surface area contributed by atoms with E-state index in [2.05, 4.69) is 24.5 Å². The summed E-state index contributed by atoms with van der Waals surface area (Å²) in [6.45, 7) is 2.99. The molecule has 0 unspecified atom stereocenters. The molecule has 4 heteroatoms. The van der Waals surface area contributed by atoms with E-state index in [9.17, 15) is 0 Å². The number of aromatic nitrogens is 2. The van der Waals surface area contributed by atoms with E-state index in [4.69, 9.17) is 11.6 Å². The second-order valence-electron chi connectivity index (χ2n) is 2.24. The van der Waals surface area contributed by atoms with Crippen LogP contribution in [0.4, 0.5) is 0 Å². The van der Waals surface area contributed by atoms with E-state index in [1.807, 2.05) is 4.57 Å². The lowest BCUT2D eigenvalue weighted by Gasteiger charge is -2.02. The van der Waals surface area contributed by atoms with E-state index in [1.165, 1.54) is 0 Å². The predicted molar refractivity (Wildman–Crippen MR) is 50.5 cm³/mol. The highest BCUT2D eigenvalue weighted by Gasteiger charge is 2.05. The Bertz CT molecular complexity index is 234. The normalized spacial score (nSPS) is 10.5. The molecule has 1 heterocycles. The maximum atomic E-state index is 5.84. The fraction of sp³-hybridized carbons (Fsp3) is 0.571. The highest BCUT2D eigenvalue weighted by molar-refractivity contribution is 7.80. The van der Waals surface area contributed by atoms with E-state index >= 15 is 0 Å². The number of thiol groups is 1. The fourth-order valence-electron chi connectivity index (χ4n) is 1.01. The molecule has 11 heavy (non-hydrogen) atoms. The first-order valence-electron chi connectivity index (χ1n) is 3.60. The van der Waals surface area contributed by atoms with Crippen molar-refractivity contribution in [3.05, 3.63) is 17.2 Å². The van der Waals surface area contributed by atoms with Crippen LogP contribution in [0.5, 0.6) is 0 Å². The molecule has 0 fully saturated rings. The van der Waals surface area contributed by atoms with Crippen molar-refractivity contribution < 1.29 is 0 Å². The molecule has 1 aromatic rings. The van der Waals surface area contributed by atoms with Crippen LogP contribution in [-0.4, -0.2) is 15.3 Å². The number of nitrogens with zero attached hydrogens (tertiary/aromatic N) is 2. The zero-order valence-corrected chi connectivity index (χ0v) is 8.07. The Morgan fingerprint density at radius 3 is 3.00 bits per heavy atom. The lowest BCUT2D eigenvalue weighted by molar-refractivity contribution is 0.719. The van der Waals surface area contributed by atoms with Crippen molar-refractivity contribution in [2.24, 2.45) is 0 Å². The van der Waals surface area contributed by atoms with E-state index < -0.39 is 0 Å². The van der Waals surface area contributed by atoms with Gasteiger partial charge in [-0.1, -0.05) is 11.6 Å². The maximum absolute atomic E-state index is 5.84. The summed E-state index contributed by atoms with van der Waals surface area (Å²) in [6, 6.07) is 0. The third-order valence-electron chi connectivity index (χ3n) is 1.58. The number of halogens is 1. The van der Waals surface area contributed by atoms with Gasteiger partial charge in [0.05, 0.1) is 12.0 Å². The summed E-state index contributed by atoms with van der Waals surface area (Å²) in [4.78, 5) is 4.00. The Kier molecular flexibility index (Phi) is 3.27. The van der Waals surface area contributed by atoms with Crippen LogP contribution in [-0.2, 0) is 13.0 Å². The van der Waals surface area contributed by atoms with Crippen LogP contribution < -0.4 is 0 Å². The predicted octanol–water partition coefficient (Wildman–Crippen LogP) is 2.03. The van der Waals surface area contributed by atoms with E-state index in [1.54, 1.807) is 6.33 Å². The van der Waals surface area contributed by atoms with Gasteiger partial charge in [0.15, 0.2) is 0 Å². The fourth-order valence-corrected chi connectivity index (χ4v) is 1.47. The van der Waals surface area contributed by atoms with E-state index in [0.717, 1.165) is 24.4 Å². The molecule has 0 aliphatic rings. The maximum Gasteiger partial charge on any atom is 0.150 e. The van der Waals surface area contributed by atoms with Crippen molar-refractivity contribution >= 4 is 24.2 Å². The second-order valence-corrected chi connectivity index (χ2v) is 3.05. The van der Waals surface area contributed by atoms with E-state index in [-0.39, 0.29) is 0 Å². The van der Waals surface area contributed by atoms with Gasteiger partial charge >= 0.3 is 0 Å². The molecule has 1 aromatic heterocycles. The molecular formula is C7H11ClN2S. The van der Waals surface area contributed by atoms with Gasteiger partial charge in [-0.3, -0.25) is 0 Å². The highest BCUT2D eigenvalue weighted by atomic mass is 35.5. The standard InChI is InChI=1S/C7H11ClN2S/c1-2-10-5-9-7(8)6(10)3-4-11/h5,11H,2-4H2,1H3. The number of hydrogen-bond donors (Lipinski definition) is 1. The van der Waals surface area contributed by atoms with Gasteiger partial charge in [-0.2, -0.15) is 12.6 Å². The number of aryl methyl sites for hydroxylation is 1. The number of rotatable bonds is 3. The van der Waals surface area contributed by atoms with Gasteiger partial charge in [-0.15, -0.1) is 0 Å². The van der Waals surface area contributed by atoms with Crippen LogP contribution in [0.15, 0.2) is 6.33 Å². The molecule has 0 aliphatic carbocycles. The molecule has 0 amide bonds. The SMILES string of the molecule is CCn1cnc(Cl)c1CCS. The Morgan fingerprint density at radius 2 is 2.45 bits per heavy atom. The van der Waals surface area contributed by atoms with Crippen molar-refractivity contribution in [2.75, 3.05) is 5.75 Å². The average molecular weight is 191 g/mol. The van der Waals surface area contributed by atoms with Crippen molar-refractivity contribution in [3.8, 4) is 0 Å². The minimum absolute atomic E-state index is 0.612. The third-order valence-corrected chi connectivity index (χ3v) is 2.12. The van der Waals surface area contributed by atoms with Gasteiger partial charge in [0.25, 0.3) is 0 Å². The zero-order chi connectivity index (χ0) is 8.27. The summed E-state index contributed by atoms with van der Waals surface area (Å²) in [5.41, 5.74) is 1.09. The van der Waals surface area contributed by atoms with Crippen LogP contribution in [0.3, 0.4) is 0 Å². The summed E-state index contributed by atoms with van der Waals surface area (Å²) in [6.07, 6.45) is 2.65. The molecule has 0 aliphatic heterocycles. The molecule has 0 radical (unpaired) electrons. The summed E-state index contributed by atoms with van der Waals surface area (Å²) < 4.78 is 2.04. The van der Waals surface area contributed by atoms with Gasteiger partial charge in [-0.25, -0.2) is 4.98 Å². The third kappa shape index (κ3) is 1.91. The zero-order valence-electron chi connectivity index (χ0n) is 6.42. The van der Waals surface area contributed by atoms with Crippen LogP contribution in [0.25, 0.3) is 0 Å². The Balaban J connectivity index is 2.88. The van der Waals surface area contributed by atoms with E-state index in [0.29, 0.717) is 5.15 Å². The molecule has 0 saturated heterocycles. The topological polar surface area (TPSA) is 17.8 Å². The molecule has 62 valence electrons. The first kappa shape index (κ1) is 8.94. The van der Waals surface area contributed by atoms with Gasteiger partial charge < -0.3 is 4.57 Å². The minimum Gasteiger partial charge on any atom is -0.333 e. The quantitative estimate of drug-likeness (QED) is 0.723. The van der Waals surface area contributed by atoms with Gasteiger partial charge in [0, 0.05) is 6.54 Å². The molecule has 0 saturated carbocycles. The summed E-state index contributed by atoms with van der Waals surface area (Å²) in [5.74, 6) is 0.811. The lowest BCUT2D eigenvalue weighted by atomic mass is 10.3. The Morgan fingerprint density at radius 1 is 1.73 bits per heavy atom. The second kappa shape index (κ2) is 4.02. The summed E-state index contributed by atoms with van der Waals surface area (Å²) in [7, 11) is 0. The van der Waals surface area contributed by atoms with Crippen LogP contribution in [0.1, 0.15) is 12.6 Å². The molecule has 0 bridgehead atoms. The van der Waals surface area contributed by atoms with Gasteiger partial charge in [0.1, 0.15) is 5.15 Å². The van der Waals surface area contributed by atoms with Crippen LogP contribution in [0.2, 0.25) is 5.15 Å². The molecule has 2 nitrogen and oxygen atoms in total. The summed E-state index contributed by atoms with van der Waals surface area (Å²) >= 11 is 9.98. The van der Waals surface area contributed by atoms with Crippen molar-refractivity contribution in [1.29, 1.82) is 0 Å². The number of imidazole rings is 1. The lowest BCUT2D eigenvalue weighted by Crippen LogP contribution is -2.00. The van der Waals surface area contributed by atoms with Gasteiger partial charge in [0.2, 0.25) is 0 Å². The molecule has 1 rings (SSSR count). The van der Waals surface area contributed by atoms with Crippen molar-refractivity contribution in [3.63, 3.8) is 0 Å². The van der Waals surface area contributed by atoms with Crippen LogP contribution >= 0.6 is 24.2 Å². The molecule has 0 atom stereocenters. The monoisotopic (exact) mass is 190 g/mol. The smallest absolute Gasteiger partial charge is 0.150 e.